The van der Waals surface area contributed by atoms with Gasteiger partial charge in [-0.2, -0.15) is 0 Å². The second-order valence-corrected chi connectivity index (χ2v) is 6.38. The molecule has 114 valence electrons. The molecule has 0 aromatic heterocycles. The molecule has 2 aliphatic heterocycles. The molecule has 2 aliphatic rings. The van der Waals surface area contributed by atoms with Crippen LogP contribution in [0.4, 0.5) is 0 Å². The zero-order chi connectivity index (χ0) is 14.5. The van der Waals surface area contributed by atoms with E-state index in [1.54, 1.807) is 0 Å². The van der Waals surface area contributed by atoms with Crippen molar-refractivity contribution < 1.29 is 14.7 Å². The van der Waals surface area contributed by atoms with Gasteiger partial charge in [-0.3, -0.25) is 9.59 Å². The SMILES string of the molecule is CC(CC(=O)O)C1CCCN(C(=O)CC2CCNC2)C1. The molecule has 20 heavy (non-hydrogen) atoms. The minimum absolute atomic E-state index is 0.149. The van der Waals surface area contributed by atoms with Gasteiger partial charge in [-0.25, -0.2) is 0 Å². The highest BCUT2D eigenvalue weighted by Gasteiger charge is 2.29. The monoisotopic (exact) mass is 282 g/mol. The van der Waals surface area contributed by atoms with Gasteiger partial charge >= 0.3 is 5.97 Å². The normalized spacial score (nSPS) is 28.4. The Morgan fingerprint density at radius 1 is 1.40 bits per heavy atom. The summed E-state index contributed by atoms with van der Waals surface area (Å²) in [7, 11) is 0. The van der Waals surface area contributed by atoms with Crippen LogP contribution >= 0.6 is 0 Å². The number of carbonyl (C=O) groups is 2. The Morgan fingerprint density at radius 3 is 2.85 bits per heavy atom. The standard InChI is InChI=1S/C15H26N2O3/c1-11(7-15(19)20)13-3-2-6-17(10-13)14(18)8-12-4-5-16-9-12/h11-13,16H,2-10H2,1H3,(H,19,20). The molecule has 0 saturated carbocycles. The van der Waals surface area contributed by atoms with Gasteiger partial charge < -0.3 is 15.3 Å². The van der Waals surface area contributed by atoms with Crippen LogP contribution in [0.3, 0.4) is 0 Å². The average Bonchev–Trinajstić information content (AvgIpc) is 2.91. The van der Waals surface area contributed by atoms with Crippen LogP contribution in [0, 0.1) is 17.8 Å². The van der Waals surface area contributed by atoms with Gasteiger partial charge in [0.05, 0.1) is 0 Å². The van der Waals surface area contributed by atoms with Crippen LogP contribution in [0.1, 0.15) is 39.0 Å². The van der Waals surface area contributed by atoms with Gasteiger partial charge in [0.1, 0.15) is 0 Å². The lowest BCUT2D eigenvalue weighted by Crippen LogP contribution is -2.42. The average molecular weight is 282 g/mol. The molecular weight excluding hydrogens is 256 g/mol. The molecule has 3 unspecified atom stereocenters. The van der Waals surface area contributed by atoms with Crippen LogP contribution < -0.4 is 5.32 Å². The number of carboxylic acid groups (broad SMARTS) is 1. The Labute approximate surface area is 120 Å². The molecule has 0 bridgehead atoms. The van der Waals surface area contributed by atoms with E-state index in [0.29, 0.717) is 18.3 Å². The summed E-state index contributed by atoms with van der Waals surface area (Å²) >= 11 is 0. The van der Waals surface area contributed by atoms with Crippen molar-refractivity contribution in [2.75, 3.05) is 26.2 Å². The van der Waals surface area contributed by atoms with Gasteiger partial charge in [0.15, 0.2) is 0 Å². The third kappa shape index (κ3) is 4.20. The fourth-order valence-corrected chi connectivity index (χ4v) is 3.41. The van der Waals surface area contributed by atoms with Gasteiger partial charge in [-0.15, -0.1) is 0 Å². The summed E-state index contributed by atoms with van der Waals surface area (Å²) in [6.07, 6.45) is 4.00. The maximum absolute atomic E-state index is 12.3. The summed E-state index contributed by atoms with van der Waals surface area (Å²) in [5.74, 6) is 0.491. The number of amides is 1. The van der Waals surface area contributed by atoms with Crippen LogP contribution in [-0.4, -0.2) is 48.1 Å². The second-order valence-electron chi connectivity index (χ2n) is 6.38. The van der Waals surface area contributed by atoms with Gasteiger partial charge in [0, 0.05) is 25.9 Å². The summed E-state index contributed by atoms with van der Waals surface area (Å²) < 4.78 is 0. The van der Waals surface area contributed by atoms with E-state index in [1.165, 1.54) is 0 Å². The lowest BCUT2D eigenvalue weighted by molar-refractivity contribution is -0.138. The first kappa shape index (κ1) is 15.3. The number of piperidine rings is 1. The van der Waals surface area contributed by atoms with Crippen LogP contribution in [0.5, 0.6) is 0 Å². The number of carbonyl (C=O) groups excluding carboxylic acids is 1. The van der Waals surface area contributed by atoms with E-state index in [4.69, 9.17) is 5.11 Å². The summed E-state index contributed by atoms with van der Waals surface area (Å²) in [5, 5.41) is 12.2. The lowest BCUT2D eigenvalue weighted by Gasteiger charge is -2.36. The number of nitrogens with one attached hydrogen (secondary N) is 1. The summed E-state index contributed by atoms with van der Waals surface area (Å²) in [4.78, 5) is 25.1. The Morgan fingerprint density at radius 2 is 2.20 bits per heavy atom. The molecule has 1 amide bonds. The Bertz CT molecular complexity index is 353. The van der Waals surface area contributed by atoms with Gasteiger partial charge in [-0.1, -0.05) is 6.92 Å². The van der Waals surface area contributed by atoms with Crippen LogP contribution in [0.25, 0.3) is 0 Å². The lowest BCUT2D eigenvalue weighted by atomic mass is 9.84. The highest BCUT2D eigenvalue weighted by atomic mass is 16.4. The van der Waals surface area contributed by atoms with Crippen LogP contribution in [0.2, 0.25) is 0 Å². The third-order valence-electron chi connectivity index (χ3n) is 4.74. The van der Waals surface area contributed by atoms with Crippen molar-refractivity contribution in [3.63, 3.8) is 0 Å². The van der Waals surface area contributed by atoms with Crippen molar-refractivity contribution in [2.45, 2.75) is 39.0 Å². The van der Waals surface area contributed by atoms with Crippen LogP contribution in [0.15, 0.2) is 0 Å². The van der Waals surface area contributed by atoms with Crippen molar-refractivity contribution in [3.05, 3.63) is 0 Å². The molecule has 2 rings (SSSR count). The zero-order valence-corrected chi connectivity index (χ0v) is 12.3. The van der Waals surface area contributed by atoms with E-state index >= 15 is 0 Å². The molecular formula is C15H26N2O3. The highest BCUT2D eigenvalue weighted by Crippen LogP contribution is 2.27. The number of hydrogen-bond acceptors (Lipinski definition) is 3. The first-order valence-corrected chi connectivity index (χ1v) is 7.76. The van der Waals surface area contributed by atoms with E-state index in [1.807, 2.05) is 11.8 Å². The van der Waals surface area contributed by atoms with E-state index in [0.717, 1.165) is 45.4 Å². The number of rotatable bonds is 5. The maximum Gasteiger partial charge on any atom is 0.303 e. The number of likely N-dealkylation sites (tertiary alicyclic amines) is 1. The molecule has 0 aromatic carbocycles. The molecule has 0 aromatic rings. The number of aliphatic carboxylic acids is 1. The summed E-state index contributed by atoms with van der Waals surface area (Å²) in [5.41, 5.74) is 0. The summed E-state index contributed by atoms with van der Waals surface area (Å²) in [6, 6.07) is 0. The van der Waals surface area contributed by atoms with Crippen molar-refractivity contribution in [3.8, 4) is 0 Å². The predicted octanol–water partition coefficient (Wildman–Crippen LogP) is 1.34. The highest BCUT2D eigenvalue weighted by molar-refractivity contribution is 5.76. The molecule has 2 fully saturated rings. The first-order chi connectivity index (χ1) is 9.56. The smallest absolute Gasteiger partial charge is 0.303 e. The van der Waals surface area contributed by atoms with E-state index in [2.05, 4.69) is 5.32 Å². The van der Waals surface area contributed by atoms with Crippen LogP contribution in [-0.2, 0) is 9.59 Å². The first-order valence-electron chi connectivity index (χ1n) is 7.76. The number of hydrogen-bond donors (Lipinski definition) is 2. The predicted molar refractivity (Wildman–Crippen MR) is 76.3 cm³/mol. The molecule has 2 heterocycles. The van der Waals surface area contributed by atoms with Crippen molar-refractivity contribution in [2.24, 2.45) is 17.8 Å². The molecule has 0 radical (unpaired) electrons. The molecule has 3 atom stereocenters. The van der Waals surface area contributed by atoms with Gasteiger partial charge in [0.25, 0.3) is 0 Å². The molecule has 0 aliphatic carbocycles. The topological polar surface area (TPSA) is 69.6 Å². The number of carboxylic acids is 1. The van der Waals surface area contributed by atoms with E-state index in [-0.39, 0.29) is 18.2 Å². The largest absolute Gasteiger partial charge is 0.481 e. The van der Waals surface area contributed by atoms with Crippen molar-refractivity contribution >= 4 is 11.9 Å². The fourth-order valence-electron chi connectivity index (χ4n) is 3.41. The third-order valence-corrected chi connectivity index (χ3v) is 4.74. The van der Waals surface area contributed by atoms with Crippen molar-refractivity contribution in [1.29, 1.82) is 0 Å². The molecule has 5 heteroatoms. The maximum atomic E-state index is 12.3. The minimum atomic E-state index is -0.738. The quantitative estimate of drug-likeness (QED) is 0.798. The second kappa shape index (κ2) is 7.07. The Kier molecular flexibility index (Phi) is 5.40. The van der Waals surface area contributed by atoms with Gasteiger partial charge in [0.2, 0.25) is 5.91 Å². The molecule has 2 N–H and O–H groups in total. The number of nitrogens with zero attached hydrogens (tertiary/aromatic N) is 1. The van der Waals surface area contributed by atoms with E-state index in [9.17, 15) is 9.59 Å². The molecule has 0 spiro atoms. The summed E-state index contributed by atoms with van der Waals surface area (Å²) in [6.45, 7) is 5.56. The Hall–Kier alpha value is -1.10. The molecule has 5 nitrogen and oxygen atoms in total. The van der Waals surface area contributed by atoms with E-state index < -0.39 is 5.97 Å². The Balaban J connectivity index is 1.82. The van der Waals surface area contributed by atoms with Gasteiger partial charge in [-0.05, 0) is 50.1 Å². The molecule has 2 saturated heterocycles. The fraction of sp³-hybridized carbons (Fsp3) is 0.867. The zero-order valence-electron chi connectivity index (χ0n) is 12.3. The minimum Gasteiger partial charge on any atom is -0.481 e. The van der Waals surface area contributed by atoms with Crippen molar-refractivity contribution in [1.82, 2.24) is 10.2 Å².